The number of hydrogen-bond acceptors (Lipinski definition) is 3. The van der Waals surface area contributed by atoms with Gasteiger partial charge >= 0.3 is 6.09 Å². The predicted octanol–water partition coefficient (Wildman–Crippen LogP) is 4.71. The Bertz CT molecular complexity index is 700. The maximum absolute atomic E-state index is 14.3. The molecule has 1 aliphatic heterocycles. The molecule has 1 aliphatic carbocycles. The molecular formula is C20H26FNO3. The number of benzene rings is 1. The van der Waals surface area contributed by atoms with Gasteiger partial charge in [-0.2, -0.15) is 0 Å². The van der Waals surface area contributed by atoms with E-state index in [-0.39, 0.29) is 11.9 Å². The smallest absolute Gasteiger partial charge is 0.415 e. The van der Waals surface area contributed by atoms with E-state index < -0.39 is 11.7 Å². The number of carbonyl (C=O) groups is 1. The van der Waals surface area contributed by atoms with Crippen molar-refractivity contribution >= 4 is 17.9 Å². The first-order valence-corrected chi connectivity index (χ1v) is 8.84. The first-order valence-electron chi connectivity index (χ1n) is 8.84. The summed E-state index contributed by atoms with van der Waals surface area (Å²) in [6, 6.07) is 2.96. The van der Waals surface area contributed by atoms with E-state index in [1.165, 1.54) is 6.07 Å². The van der Waals surface area contributed by atoms with Crippen molar-refractivity contribution in [2.24, 2.45) is 0 Å². The van der Waals surface area contributed by atoms with Crippen LogP contribution in [0.4, 0.5) is 14.9 Å². The standard InChI is InChI=1S/C20H26FNO3/c1-13-9-14-11-15(21)12-18(17(14)10-13)22(16-5-7-24-8-6-16)19(23)25-20(2,3)4/h10-12,16H,5-9H2,1-4H3. The highest BCUT2D eigenvalue weighted by Gasteiger charge is 2.33. The lowest BCUT2D eigenvalue weighted by atomic mass is 10.0. The molecule has 1 aromatic rings. The van der Waals surface area contributed by atoms with Gasteiger partial charge in [0.15, 0.2) is 0 Å². The molecule has 0 atom stereocenters. The van der Waals surface area contributed by atoms with Crippen LogP contribution in [-0.4, -0.2) is 30.9 Å². The number of halogens is 1. The molecule has 1 saturated heterocycles. The Morgan fingerprint density at radius 1 is 1.28 bits per heavy atom. The van der Waals surface area contributed by atoms with Gasteiger partial charge in [0.2, 0.25) is 0 Å². The highest BCUT2D eigenvalue weighted by molar-refractivity contribution is 5.93. The normalized spacial score (nSPS) is 17.9. The summed E-state index contributed by atoms with van der Waals surface area (Å²) in [6.07, 6.45) is 3.77. The van der Waals surface area contributed by atoms with Crippen LogP contribution in [0.5, 0.6) is 0 Å². The quantitative estimate of drug-likeness (QED) is 0.778. The van der Waals surface area contributed by atoms with Gasteiger partial charge in [0.1, 0.15) is 11.4 Å². The number of anilines is 1. The number of nitrogens with zero attached hydrogens (tertiary/aromatic N) is 1. The van der Waals surface area contributed by atoms with Gasteiger partial charge in [0, 0.05) is 24.8 Å². The fraction of sp³-hybridized carbons (Fsp3) is 0.550. The first-order chi connectivity index (χ1) is 11.7. The van der Waals surface area contributed by atoms with Crippen molar-refractivity contribution in [1.82, 2.24) is 0 Å². The second kappa shape index (κ2) is 6.79. The van der Waals surface area contributed by atoms with Gasteiger partial charge in [-0.05, 0) is 64.7 Å². The van der Waals surface area contributed by atoms with Gasteiger partial charge in [-0.3, -0.25) is 4.90 Å². The number of carbonyl (C=O) groups excluding carboxylic acids is 1. The van der Waals surface area contributed by atoms with Crippen molar-refractivity contribution in [2.75, 3.05) is 18.1 Å². The second-order valence-corrected chi connectivity index (χ2v) is 7.86. The maximum Gasteiger partial charge on any atom is 0.415 e. The summed E-state index contributed by atoms with van der Waals surface area (Å²) in [6.45, 7) is 8.73. The van der Waals surface area contributed by atoms with Crippen molar-refractivity contribution in [3.05, 3.63) is 34.6 Å². The molecule has 4 nitrogen and oxygen atoms in total. The molecule has 0 N–H and O–H groups in total. The van der Waals surface area contributed by atoms with Gasteiger partial charge < -0.3 is 9.47 Å². The van der Waals surface area contributed by atoms with Crippen LogP contribution < -0.4 is 4.90 Å². The molecule has 5 heteroatoms. The Labute approximate surface area is 148 Å². The molecule has 0 radical (unpaired) electrons. The molecule has 1 heterocycles. The average molecular weight is 347 g/mol. The largest absolute Gasteiger partial charge is 0.443 e. The number of amides is 1. The fourth-order valence-electron chi connectivity index (χ4n) is 3.47. The van der Waals surface area contributed by atoms with Crippen LogP contribution in [0.1, 0.15) is 51.7 Å². The van der Waals surface area contributed by atoms with Gasteiger partial charge in [0.25, 0.3) is 0 Å². The molecule has 1 aromatic carbocycles. The van der Waals surface area contributed by atoms with Crippen molar-refractivity contribution < 1.29 is 18.7 Å². The number of rotatable bonds is 2. The molecule has 3 rings (SSSR count). The van der Waals surface area contributed by atoms with E-state index in [2.05, 4.69) is 0 Å². The summed E-state index contributed by atoms with van der Waals surface area (Å²) in [5.41, 5.74) is 3.01. The molecule has 136 valence electrons. The summed E-state index contributed by atoms with van der Waals surface area (Å²) in [4.78, 5) is 14.6. The minimum Gasteiger partial charge on any atom is -0.443 e. The van der Waals surface area contributed by atoms with Crippen LogP contribution >= 0.6 is 0 Å². The SMILES string of the molecule is CC1=Cc2c(cc(F)cc2N(C(=O)OC(C)(C)C)C2CCOCC2)C1. The van der Waals surface area contributed by atoms with Crippen molar-refractivity contribution in [3.8, 4) is 0 Å². The Morgan fingerprint density at radius 2 is 1.96 bits per heavy atom. The lowest BCUT2D eigenvalue weighted by Gasteiger charge is -2.36. The van der Waals surface area contributed by atoms with Crippen LogP contribution in [0.3, 0.4) is 0 Å². The van der Waals surface area contributed by atoms with Gasteiger partial charge in [-0.25, -0.2) is 9.18 Å². The van der Waals surface area contributed by atoms with Crippen molar-refractivity contribution in [1.29, 1.82) is 0 Å². The zero-order valence-corrected chi connectivity index (χ0v) is 15.4. The number of fused-ring (bicyclic) bond motifs is 1. The molecule has 1 amide bonds. The summed E-state index contributed by atoms with van der Waals surface area (Å²) in [7, 11) is 0. The number of ether oxygens (including phenoxy) is 2. The van der Waals surface area contributed by atoms with Crippen LogP contribution in [0, 0.1) is 5.82 Å². The third-order valence-corrected chi connectivity index (χ3v) is 4.47. The van der Waals surface area contributed by atoms with Crippen LogP contribution in [0.2, 0.25) is 0 Å². The number of hydrogen-bond donors (Lipinski definition) is 0. The summed E-state index contributed by atoms with van der Waals surface area (Å²) < 4.78 is 25.3. The lowest BCUT2D eigenvalue weighted by molar-refractivity contribution is 0.0487. The van der Waals surface area contributed by atoms with E-state index in [9.17, 15) is 9.18 Å². The lowest BCUT2D eigenvalue weighted by Crippen LogP contribution is -2.46. The van der Waals surface area contributed by atoms with E-state index >= 15 is 0 Å². The molecule has 0 saturated carbocycles. The first kappa shape index (κ1) is 17.9. The molecule has 2 aliphatic rings. The van der Waals surface area contributed by atoms with E-state index in [0.717, 1.165) is 23.1 Å². The van der Waals surface area contributed by atoms with E-state index in [4.69, 9.17) is 9.47 Å². The zero-order chi connectivity index (χ0) is 18.2. The third kappa shape index (κ3) is 4.03. The Balaban J connectivity index is 2.04. The maximum atomic E-state index is 14.3. The molecular weight excluding hydrogens is 321 g/mol. The van der Waals surface area contributed by atoms with Crippen molar-refractivity contribution in [2.45, 2.75) is 58.6 Å². The molecule has 0 aromatic heterocycles. The Hall–Kier alpha value is -1.88. The average Bonchev–Trinajstić information content (AvgIpc) is 2.87. The molecule has 1 fully saturated rings. The zero-order valence-electron chi connectivity index (χ0n) is 15.4. The van der Waals surface area contributed by atoms with Crippen LogP contribution in [-0.2, 0) is 15.9 Å². The van der Waals surface area contributed by atoms with E-state index in [0.29, 0.717) is 31.7 Å². The predicted molar refractivity (Wildman–Crippen MR) is 96.3 cm³/mol. The second-order valence-electron chi connectivity index (χ2n) is 7.86. The minimum atomic E-state index is -0.608. The highest BCUT2D eigenvalue weighted by atomic mass is 19.1. The Morgan fingerprint density at radius 3 is 2.60 bits per heavy atom. The topological polar surface area (TPSA) is 38.8 Å². The van der Waals surface area contributed by atoms with Gasteiger partial charge in [-0.15, -0.1) is 0 Å². The monoisotopic (exact) mass is 347 g/mol. The summed E-state index contributed by atoms with van der Waals surface area (Å²) in [5, 5.41) is 0. The molecule has 0 bridgehead atoms. The van der Waals surface area contributed by atoms with Crippen LogP contribution in [0.25, 0.3) is 6.08 Å². The summed E-state index contributed by atoms with van der Waals surface area (Å²) >= 11 is 0. The summed E-state index contributed by atoms with van der Waals surface area (Å²) in [5.74, 6) is -0.322. The minimum absolute atomic E-state index is 0.0520. The molecule has 0 unspecified atom stereocenters. The van der Waals surface area contributed by atoms with Gasteiger partial charge in [0.05, 0.1) is 5.69 Å². The third-order valence-electron chi connectivity index (χ3n) is 4.47. The highest BCUT2D eigenvalue weighted by Crippen LogP contribution is 2.37. The van der Waals surface area contributed by atoms with Crippen LogP contribution in [0.15, 0.2) is 17.7 Å². The van der Waals surface area contributed by atoms with E-state index in [1.54, 1.807) is 11.0 Å². The van der Waals surface area contributed by atoms with E-state index in [1.807, 2.05) is 33.8 Å². The molecule has 25 heavy (non-hydrogen) atoms. The number of allylic oxidation sites excluding steroid dienone is 1. The molecule has 0 spiro atoms. The Kier molecular flexibility index (Phi) is 4.87. The fourth-order valence-corrected chi connectivity index (χ4v) is 3.47. The van der Waals surface area contributed by atoms with Gasteiger partial charge in [-0.1, -0.05) is 11.6 Å². The van der Waals surface area contributed by atoms with Crippen molar-refractivity contribution in [3.63, 3.8) is 0 Å².